The monoisotopic (exact) mass is 448 g/mol. The van der Waals surface area contributed by atoms with E-state index in [0.29, 0.717) is 19.8 Å². The van der Waals surface area contributed by atoms with E-state index in [1.165, 1.54) is 64.2 Å². The fourth-order valence-corrected chi connectivity index (χ4v) is 9.86. The normalized spacial score (nSPS) is 12.6. The lowest BCUT2D eigenvalue weighted by Crippen LogP contribution is -2.56. The summed E-state index contributed by atoms with van der Waals surface area (Å²) in [5.41, 5.74) is 0. The lowest BCUT2D eigenvalue weighted by Gasteiger charge is -2.35. The molecule has 6 heteroatoms. The van der Waals surface area contributed by atoms with E-state index in [1.54, 1.807) is 0 Å². The quantitative estimate of drug-likeness (QED) is 0.125. The maximum absolute atomic E-state index is 6.63. The number of rotatable bonds is 22. The standard InChI is InChI=1S/C23H52O4Si2/c1-7-11-12-13-14-15-16-17-18-19-23-28(5,6)27-29(24-20-8-2,25-21-9-3)26-22-10-4/h7-23H2,1-6H3. The average molecular weight is 449 g/mol. The van der Waals surface area contributed by atoms with E-state index in [1.807, 2.05) is 0 Å². The van der Waals surface area contributed by atoms with Gasteiger partial charge in [0.1, 0.15) is 0 Å². The SMILES string of the molecule is CCCCCCCCCCCC[Si](C)(C)O[Si](OCCC)(OCCC)OCCC. The minimum Gasteiger partial charge on any atom is -0.394 e. The molecule has 0 aliphatic rings. The van der Waals surface area contributed by atoms with Crippen LogP contribution in [0.1, 0.15) is 111 Å². The first-order valence-electron chi connectivity index (χ1n) is 12.6. The summed E-state index contributed by atoms with van der Waals surface area (Å²) in [6.07, 6.45) is 16.5. The van der Waals surface area contributed by atoms with E-state index in [0.717, 1.165) is 25.3 Å². The fourth-order valence-electron chi connectivity index (χ4n) is 3.32. The molecule has 0 radical (unpaired) electrons. The van der Waals surface area contributed by atoms with E-state index >= 15 is 0 Å². The van der Waals surface area contributed by atoms with E-state index in [-0.39, 0.29) is 0 Å². The minimum absolute atomic E-state index is 0.641. The van der Waals surface area contributed by atoms with Crippen molar-refractivity contribution in [2.24, 2.45) is 0 Å². The second-order valence-electron chi connectivity index (χ2n) is 8.84. The van der Waals surface area contributed by atoms with Gasteiger partial charge in [-0.1, -0.05) is 91.9 Å². The lowest BCUT2D eigenvalue weighted by molar-refractivity contribution is -0.00229. The van der Waals surface area contributed by atoms with Crippen molar-refractivity contribution < 1.29 is 17.4 Å². The first-order valence-corrected chi connectivity index (χ1v) is 17.3. The lowest BCUT2D eigenvalue weighted by atomic mass is 10.1. The van der Waals surface area contributed by atoms with Gasteiger partial charge >= 0.3 is 9.05 Å². The van der Waals surface area contributed by atoms with Crippen molar-refractivity contribution in [1.82, 2.24) is 0 Å². The zero-order valence-corrected chi connectivity index (χ0v) is 22.7. The van der Waals surface area contributed by atoms with Gasteiger partial charge in [-0.2, -0.15) is 0 Å². The highest BCUT2D eigenvalue weighted by Gasteiger charge is 2.49. The minimum atomic E-state index is -3.03. The Morgan fingerprint density at radius 2 is 0.862 bits per heavy atom. The summed E-state index contributed by atoms with van der Waals surface area (Å²) in [5, 5.41) is 0. The van der Waals surface area contributed by atoms with Crippen LogP contribution >= 0.6 is 0 Å². The number of hydrogen-bond donors (Lipinski definition) is 0. The number of hydrogen-bond acceptors (Lipinski definition) is 4. The summed E-state index contributed by atoms with van der Waals surface area (Å²) in [6.45, 7) is 15.1. The van der Waals surface area contributed by atoms with Crippen LogP contribution in [0.5, 0.6) is 0 Å². The highest BCUT2D eigenvalue weighted by Crippen LogP contribution is 2.25. The van der Waals surface area contributed by atoms with Crippen LogP contribution < -0.4 is 0 Å². The van der Waals surface area contributed by atoms with Crippen molar-refractivity contribution in [1.29, 1.82) is 0 Å². The Balaban J connectivity index is 4.34. The third-order valence-corrected chi connectivity index (χ3v) is 11.4. The van der Waals surface area contributed by atoms with Crippen molar-refractivity contribution in [3.63, 3.8) is 0 Å². The molecule has 0 spiro atoms. The molecule has 0 aromatic carbocycles. The summed E-state index contributed by atoms with van der Waals surface area (Å²) >= 11 is 0. The summed E-state index contributed by atoms with van der Waals surface area (Å²) < 4.78 is 25.0. The highest BCUT2D eigenvalue weighted by molar-refractivity contribution is 6.79. The van der Waals surface area contributed by atoms with Crippen LogP contribution in [0.2, 0.25) is 19.1 Å². The molecule has 0 saturated carbocycles. The first kappa shape index (κ1) is 29.3. The molecule has 0 rings (SSSR count). The zero-order valence-electron chi connectivity index (χ0n) is 20.7. The molecule has 0 aromatic heterocycles. The van der Waals surface area contributed by atoms with Crippen molar-refractivity contribution in [3.05, 3.63) is 0 Å². The average Bonchev–Trinajstić information content (AvgIpc) is 2.70. The van der Waals surface area contributed by atoms with Crippen LogP contribution in [0.4, 0.5) is 0 Å². The third kappa shape index (κ3) is 16.6. The van der Waals surface area contributed by atoms with Crippen LogP contribution in [0, 0.1) is 0 Å². The summed E-state index contributed by atoms with van der Waals surface area (Å²) in [5.74, 6) is 0. The maximum Gasteiger partial charge on any atom is 0.669 e. The molecule has 0 amide bonds. The Hall–Kier alpha value is 0.274. The molecule has 0 unspecified atom stereocenters. The van der Waals surface area contributed by atoms with Crippen LogP contribution in [-0.2, 0) is 17.4 Å². The van der Waals surface area contributed by atoms with Gasteiger partial charge in [0.15, 0.2) is 8.32 Å². The predicted octanol–water partition coefficient (Wildman–Crippen LogP) is 7.84. The molecule has 4 nitrogen and oxygen atoms in total. The topological polar surface area (TPSA) is 36.9 Å². The second kappa shape index (κ2) is 19.0. The number of unbranched alkanes of at least 4 members (excludes halogenated alkanes) is 9. The van der Waals surface area contributed by atoms with Gasteiger partial charge in [-0.05, 0) is 38.4 Å². The van der Waals surface area contributed by atoms with Crippen molar-refractivity contribution in [3.8, 4) is 0 Å². The Bertz CT molecular complexity index is 332. The molecule has 0 aliphatic heterocycles. The smallest absolute Gasteiger partial charge is 0.394 e. The van der Waals surface area contributed by atoms with E-state index in [2.05, 4.69) is 40.8 Å². The van der Waals surface area contributed by atoms with Crippen LogP contribution in [0.3, 0.4) is 0 Å². The van der Waals surface area contributed by atoms with E-state index < -0.39 is 17.4 Å². The van der Waals surface area contributed by atoms with Gasteiger partial charge in [0.2, 0.25) is 0 Å². The Morgan fingerprint density at radius 1 is 0.483 bits per heavy atom. The van der Waals surface area contributed by atoms with Gasteiger partial charge in [-0.15, -0.1) is 0 Å². The van der Waals surface area contributed by atoms with Crippen molar-refractivity contribution >= 4 is 17.4 Å². The van der Waals surface area contributed by atoms with Crippen molar-refractivity contribution in [2.75, 3.05) is 19.8 Å². The Labute approximate surface area is 185 Å². The molecule has 0 aliphatic carbocycles. The second-order valence-corrected chi connectivity index (χ2v) is 15.5. The third-order valence-electron chi connectivity index (χ3n) is 4.98. The molecule has 0 atom stereocenters. The summed E-state index contributed by atoms with van der Waals surface area (Å²) in [7, 11) is -4.92. The molecular formula is C23H52O4Si2. The van der Waals surface area contributed by atoms with E-state index in [4.69, 9.17) is 17.4 Å². The van der Waals surface area contributed by atoms with Crippen LogP contribution in [0.25, 0.3) is 0 Å². The first-order chi connectivity index (χ1) is 13.9. The van der Waals surface area contributed by atoms with Gasteiger partial charge in [0.25, 0.3) is 0 Å². The molecule has 0 fully saturated rings. The predicted molar refractivity (Wildman–Crippen MR) is 130 cm³/mol. The van der Waals surface area contributed by atoms with Gasteiger partial charge in [0, 0.05) is 19.8 Å². The van der Waals surface area contributed by atoms with E-state index in [9.17, 15) is 0 Å². The van der Waals surface area contributed by atoms with Crippen LogP contribution in [0.15, 0.2) is 0 Å². The summed E-state index contributed by atoms with van der Waals surface area (Å²) in [4.78, 5) is 0. The maximum atomic E-state index is 6.63. The molecule has 0 bridgehead atoms. The van der Waals surface area contributed by atoms with Gasteiger partial charge < -0.3 is 17.4 Å². The Morgan fingerprint density at radius 3 is 1.24 bits per heavy atom. The molecule has 0 saturated heterocycles. The van der Waals surface area contributed by atoms with Crippen molar-refractivity contribution in [2.45, 2.75) is 130 Å². The van der Waals surface area contributed by atoms with Gasteiger partial charge in [-0.3, -0.25) is 0 Å². The Kier molecular flexibility index (Phi) is 19.2. The van der Waals surface area contributed by atoms with Crippen LogP contribution in [-0.4, -0.2) is 37.2 Å². The molecule has 0 N–H and O–H groups in total. The highest BCUT2D eigenvalue weighted by atomic mass is 28.5. The molecule has 176 valence electrons. The fraction of sp³-hybridized carbons (Fsp3) is 1.00. The summed E-state index contributed by atoms with van der Waals surface area (Å²) in [6, 6.07) is 1.15. The van der Waals surface area contributed by atoms with Gasteiger partial charge in [0.05, 0.1) is 0 Å². The molecule has 29 heavy (non-hydrogen) atoms. The van der Waals surface area contributed by atoms with Gasteiger partial charge in [-0.25, -0.2) is 0 Å². The molecule has 0 aromatic rings. The zero-order chi connectivity index (χ0) is 21.8. The molecular weight excluding hydrogens is 396 g/mol. The molecule has 0 heterocycles. The largest absolute Gasteiger partial charge is 0.669 e.